The average molecular weight is 489 g/mol. The minimum Gasteiger partial charge on any atom is -0.507 e. The Labute approximate surface area is 206 Å². The molecule has 0 spiro atoms. The van der Waals surface area contributed by atoms with Gasteiger partial charge in [0, 0.05) is 43.2 Å². The first-order chi connectivity index (χ1) is 17.4. The van der Waals surface area contributed by atoms with Crippen molar-refractivity contribution in [2.45, 2.75) is 19.0 Å². The summed E-state index contributed by atoms with van der Waals surface area (Å²) in [5.41, 5.74) is 0.370. The van der Waals surface area contributed by atoms with Gasteiger partial charge < -0.3 is 19.3 Å². The van der Waals surface area contributed by atoms with Crippen molar-refractivity contribution in [3.63, 3.8) is 0 Å². The van der Waals surface area contributed by atoms with Gasteiger partial charge in [-0.2, -0.15) is 0 Å². The Morgan fingerprint density at radius 2 is 1.97 bits per heavy atom. The maximum absolute atomic E-state index is 13.1. The maximum atomic E-state index is 13.1. The third-order valence-corrected chi connectivity index (χ3v) is 5.81. The van der Waals surface area contributed by atoms with Crippen LogP contribution in [0, 0.1) is 10.1 Å². The Morgan fingerprint density at radius 3 is 2.64 bits per heavy atom. The Morgan fingerprint density at radius 1 is 1.19 bits per heavy atom. The molecule has 3 aromatic rings. The summed E-state index contributed by atoms with van der Waals surface area (Å²) < 4.78 is 7.30. The number of hydrogen-bond acceptors (Lipinski definition) is 7. The van der Waals surface area contributed by atoms with Crippen LogP contribution >= 0.6 is 0 Å². The molecule has 1 aliphatic rings. The van der Waals surface area contributed by atoms with Gasteiger partial charge in [-0.15, -0.1) is 0 Å². The van der Waals surface area contributed by atoms with Crippen LogP contribution in [0.15, 0.2) is 85.5 Å². The van der Waals surface area contributed by atoms with Gasteiger partial charge in [-0.25, -0.2) is 4.98 Å². The monoisotopic (exact) mass is 488 g/mol. The lowest BCUT2D eigenvalue weighted by Crippen LogP contribution is -2.31. The summed E-state index contributed by atoms with van der Waals surface area (Å²) in [4.78, 5) is 42.4. The molecule has 0 radical (unpaired) electrons. The molecule has 1 saturated heterocycles. The topological polar surface area (TPSA) is 128 Å². The number of benzene rings is 2. The SMILES string of the molecule is C=CCOc1ccc(C(O)=C2C(=O)C(=O)N(CCCn3ccnc3)C2c2cccc([N+](=O)[O-])c2)cc1. The number of non-ortho nitro benzene ring substituents is 1. The van der Waals surface area contributed by atoms with Crippen LogP contribution in [0.25, 0.3) is 5.76 Å². The van der Waals surface area contributed by atoms with Crippen LogP contribution in [0.3, 0.4) is 0 Å². The van der Waals surface area contributed by atoms with Crippen LogP contribution in [0.1, 0.15) is 23.6 Å². The summed E-state index contributed by atoms with van der Waals surface area (Å²) in [6.07, 6.45) is 7.18. The number of aliphatic hydroxyl groups excluding tert-OH is 1. The van der Waals surface area contributed by atoms with Crippen molar-refractivity contribution in [3.8, 4) is 5.75 Å². The first-order valence-corrected chi connectivity index (χ1v) is 11.2. The fourth-order valence-corrected chi connectivity index (χ4v) is 4.13. The molecule has 1 fully saturated rings. The van der Waals surface area contributed by atoms with Crippen LogP contribution in [0.4, 0.5) is 5.69 Å². The number of aliphatic hydroxyl groups is 1. The van der Waals surface area contributed by atoms with Crippen molar-refractivity contribution < 1.29 is 24.4 Å². The highest BCUT2D eigenvalue weighted by Gasteiger charge is 2.46. The van der Waals surface area contributed by atoms with Gasteiger partial charge in [-0.1, -0.05) is 24.8 Å². The predicted octanol–water partition coefficient (Wildman–Crippen LogP) is 3.87. The van der Waals surface area contributed by atoms with E-state index in [1.165, 1.54) is 23.1 Å². The van der Waals surface area contributed by atoms with E-state index >= 15 is 0 Å². The number of likely N-dealkylation sites (tertiary alicyclic amines) is 1. The second kappa shape index (κ2) is 10.7. The number of hydrogen-bond donors (Lipinski definition) is 1. The Kier molecular flexibility index (Phi) is 7.24. The number of imidazole rings is 1. The number of carbonyl (C=O) groups excluding carboxylic acids is 2. The van der Waals surface area contributed by atoms with Gasteiger partial charge in [0.2, 0.25) is 0 Å². The summed E-state index contributed by atoms with van der Waals surface area (Å²) in [7, 11) is 0. The third kappa shape index (κ3) is 5.02. The highest BCUT2D eigenvalue weighted by molar-refractivity contribution is 6.46. The van der Waals surface area contributed by atoms with Gasteiger partial charge in [0.05, 0.1) is 22.9 Å². The molecule has 10 heteroatoms. The zero-order valence-electron chi connectivity index (χ0n) is 19.3. The lowest BCUT2D eigenvalue weighted by Gasteiger charge is -2.25. The highest BCUT2D eigenvalue weighted by atomic mass is 16.6. The van der Waals surface area contributed by atoms with E-state index in [1.54, 1.807) is 55.1 Å². The number of ketones is 1. The van der Waals surface area contributed by atoms with Crippen LogP contribution in [-0.2, 0) is 16.1 Å². The van der Waals surface area contributed by atoms with Crippen LogP contribution in [0.5, 0.6) is 5.75 Å². The van der Waals surface area contributed by atoms with Crippen molar-refractivity contribution in [3.05, 3.63) is 107 Å². The first-order valence-electron chi connectivity index (χ1n) is 11.2. The maximum Gasteiger partial charge on any atom is 0.295 e. The van der Waals surface area contributed by atoms with Gasteiger partial charge in [0.25, 0.3) is 17.4 Å². The van der Waals surface area contributed by atoms with E-state index < -0.39 is 22.7 Å². The molecule has 10 nitrogen and oxygen atoms in total. The minimum absolute atomic E-state index is 0.122. The molecule has 1 unspecified atom stereocenters. The Hall–Kier alpha value is -4.73. The molecule has 1 atom stereocenters. The average Bonchev–Trinajstić information content (AvgIpc) is 3.50. The van der Waals surface area contributed by atoms with E-state index in [9.17, 15) is 24.8 Å². The molecule has 4 rings (SSSR count). The van der Waals surface area contributed by atoms with Gasteiger partial charge in [-0.05, 0) is 36.2 Å². The normalized spacial score (nSPS) is 16.8. The van der Waals surface area contributed by atoms with Gasteiger partial charge >= 0.3 is 0 Å². The summed E-state index contributed by atoms with van der Waals surface area (Å²) in [6.45, 7) is 4.65. The smallest absolute Gasteiger partial charge is 0.295 e. The van der Waals surface area contributed by atoms with Crippen molar-refractivity contribution in [1.29, 1.82) is 0 Å². The molecule has 0 saturated carbocycles. The molecule has 1 aliphatic heterocycles. The lowest BCUT2D eigenvalue weighted by molar-refractivity contribution is -0.384. The summed E-state index contributed by atoms with van der Waals surface area (Å²) in [5, 5.41) is 22.6. The zero-order valence-corrected chi connectivity index (χ0v) is 19.3. The second-order valence-electron chi connectivity index (χ2n) is 8.12. The quantitative estimate of drug-likeness (QED) is 0.115. The minimum atomic E-state index is -0.982. The molecule has 0 bridgehead atoms. The Bertz CT molecular complexity index is 1310. The zero-order chi connectivity index (χ0) is 25.7. The van der Waals surface area contributed by atoms with Crippen LogP contribution in [0.2, 0.25) is 0 Å². The molecular formula is C26H24N4O6. The molecule has 2 aromatic carbocycles. The number of Topliss-reactive ketones (excluding diaryl/α,β-unsaturated/α-hetero) is 1. The first kappa shape index (κ1) is 24.4. The fourth-order valence-electron chi connectivity index (χ4n) is 4.13. The van der Waals surface area contributed by atoms with Crippen molar-refractivity contribution in [2.75, 3.05) is 13.2 Å². The number of nitro benzene ring substituents is 1. The van der Waals surface area contributed by atoms with Gasteiger partial charge in [-0.3, -0.25) is 19.7 Å². The number of rotatable bonds is 10. The van der Waals surface area contributed by atoms with Crippen molar-refractivity contribution in [2.24, 2.45) is 0 Å². The molecule has 1 N–H and O–H groups in total. The number of ether oxygens (including phenoxy) is 1. The van der Waals surface area contributed by atoms with E-state index in [-0.39, 0.29) is 23.6 Å². The van der Waals surface area contributed by atoms with Crippen LogP contribution < -0.4 is 4.74 Å². The van der Waals surface area contributed by atoms with E-state index in [0.29, 0.717) is 36.4 Å². The summed E-state index contributed by atoms with van der Waals surface area (Å²) in [6, 6.07) is 11.2. The molecule has 1 amide bonds. The molecule has 184 valence electrons. The van der Waals surface area contributed by atoms with Crippen molar-refractivity contribution >= 4 is 23.1 Å². The number of carbonyl (C=O) groups is 2. The molecule has 36 heavy (non-hydrogen) atoms. The molecule has 2 heterocycles. The largest absolute Gasteiger partial charge is 0.507 e. The third-order valence-electron chi connectivity index (χ3n) is 5.81. The number of nitro groups is 1. The number of nitrogens with zero attached hydrogens (tertiary/aromatic N) is 4. The lowest BCUT2D eigenvalue weighted by atomic mass is 9.95. The number of aryl methyl sites for hydroxylation is 1. The van der Waals surface area contributed by atoms with Gasteiger partial charge in [0.15, 0.2) is 0 Å². The number of aromatic nitrogens is 2. The molecule has 1 aromatic heterocycles. The van der Waals surface area contributed by atoms with Gasteiger partial charge in [0.1, 0.15) is 18.1 Å². The highest BCUT2D eigenvalue weighted by Crippen LogP contribution is 2.40. The standard InChI is InChI=1S/C26H24N4O6/c1-2-15-36-21-9-7-18(8-10-21)24(31)22-23(19-5-3-6-20(16-19)30(34)35)29(26(33)25(22)32)13-4-12-28-14-11-27-17-28/h2-3,5-11,14,16-17,23,31H,1,4,12-13,15H2. The molecule has 0 aliphatic carbocycles. The summed E-state index contributed by atoms with van der Waals surface area (Å²) in [5.74, 6) is -1.44. The van der Waals surface area contributed by atoms with E-state index in [2.05, 4.69) is 11.6 Å². The Balaban J connectivity index is 1.73. The predicted molar refractivity (Wildman–Crippen MR) is 131 cm³/mol. The van der Waals surface area contributed by atoms with E-state index in [1.807, 2.05) is 4.57 Å². The number of amides is 1. The molecular weight excluding hydrogens is 464 g/mol. The van der Waals surface area contributed by atoms with Crippen molar-refractivity contribution in [1.82, 2.24) is 14.5 Å². The van der Waals surface area contributed by atoms with Crippen LogP contribution in [-0.4, -0.2) is 49.3 Å². The summed E-state index contributed by atoms with van der Waals surface area (Å²) >= 11 is 0. The van der Waals surface area contributed by atoms with E-state index in [0.717, 1.165) is 0 Å². The second-order valence-corrected chi connectivity index (χ2v) is 8.12. The van der Waals surface area contributed by atoms with E-state index in [4.69, 9.17) is 4.74 Å². The fraction of sp³-hybridized carbons (Fsp3) is 0.192.